The lowest BCUT2D eigenvalue weighted by molar-refractivity contribution is -0.137. The number of rotatable bonds is 2. The third kappa shape index (κ3) is 3.36. The number of amides is 2. The topological polar surface area (TPSA) is 61.4 Å². The molecule has 2 fully saturated rings. The second kappa shape index (κ2) is 6.95. The van der Waals surface area contributed by atoms with Gasteiger partial charge in [0.05, 0.1) is 12.0 Å². The van der Waals surface area contributed by atoms with E-state index < -0.39 is 0 Å². The molecule has 0 saturated carbocycles. The Bertz CT molecular complexity index is 306. The first-order valence-corrected chi connectivity index (χ1v) is 6.46. The molecule has 2 N–H and O–H groups in total. The number of carbonyl (C=O) groups is 2. The summed E-state index contributed by atoms with van der Waals surface area (Å²) in [6.45, 7) is 2.31. The number of halogens is 1. The van der Waals surface area contributed by atoms with E-state index in [-0.39, 0.29) is 36.2 Å². The Balaban J connectivity index is 0.00000162. The lowest BCUT2D eigenvalue weighted by Crippen LogP contribution is -2.50. The average molecular weight is 276 g/mol. The van der Waals surface area contributed by atoms with E-state index in [4.69, 9.17) is 0 Å². The monoisotopic (exact) mass is 275 g/mol. The van der Waals surface area contributed by atoms with Crippen molar-refractivity contribution in [1.29, 1.82) is 0 Å². The van der Waals surface area contributed by atoms with Crippen LogP contribution in [0.1, 0.15) is 25.7 Å². The van der Waals surface area contributed by atoms with Crippen molar-refractivity contribution in [2.24, 2.45) is 5.92 Å². The van der Waals surface area contributed by atoms with Crippen molar-refractivity contribution in [2.45, 2.75) is 31.7 Å². The minimum absolute atomic E-state index is 0. The first-order chi connectivity index (χ1) is 8.22. The normalized spacial score (nSPS) is 27.5. The molecule has 5 nitrogen and oxygen atoms in total. The smallest absolute Gasteiger partial charge is 0.239 e. The largest absolute Gasteiger partial charge is 0.359 e. The summed E-state index contributed by atoms with van der Waals surface area (Å²) in [6, 6.07) is -0.0153. The zero-order valence-electron chi connectivity index (χ0n) is 10.8. The van der Waals surface area contributed by atoms with Gasteiger partial charge in [0.25, 0.3) is 0 Å². The maximum Gasteiger partial charge on any atom is 0.239 e. The Hall–Kier alpha value is -0.810. The Morgan fingerprint density at radius 2 is 2.06 bits per heavy atom. The third-order valence-corrected chi connectivity index (χ3v) is 3.71. The summed E-state index contributed by atoms with van der Waals surface area (Å²) >= 11 is 0. The Morgan fingerprint density at radius 3 is 2.67 bits per heavy atom. The number of nitrogens with zero attached hydrogens (tertiary/aromatic N) is 1. The van der Waals surface area contributed by atoms with Crippen LogP contribution < -0.4 is 10.6 Å². The second-order valence-corrected chi connectivity index (χ2v) is 4.89. The molecule has 2 amide bonds. The van der Waals surface area contributed by atoms with Crippen molar-refractivity contribution in [3.63, 3.8) is 0 Å². The number of nitrogens with one attached hydrogen (secondary N) is 2. The number of likely N-dealkylation sites (tertiary alicyclic amines) is 1. The summed E-state index contributed by atoms with van der Waals surface area (Å²) in [7, 11) is 1.65. The minimum Gasteiger partial charge on any atom is -0.359 e. The van der Waals surface area contributed by atoms with E-state index in [0.717, 1.165) is 38.8 Å². The predicted octanol–water partition coefficient (Wildman–Crippen LogP) is 0.145. The van der Waals surface area contributed by atoms with Crippen LogP contribution in [0.3, 0.4) is 0 Å². The Kier molecular flexibility index (Phi) is 5.88. The highest BCUT2D eigenvalue weighted by molar-refractivity contribution is 5.85. The molecule has 1 unspecified atom stereocenters. The molecule has 0 aromatic heterocycles. The molecule has 2 heterocycles. The summed E-state index contributed by atoms with van der Waals surface area (Å²) in [4.78, 5) is 25.6. The van der Waals surface area contributed by atoms with E-state index in [9.17, 15) is 9.59 Å². The molecule has 0 aromatic carbocycles. The van der Waals surface area contributed by atoms with Crippen LogP contribution in [0, 0.1) is 5.92 Å². The van der Waals surface area contributed by atoms with Crippen molar-refractivity contribution in [1.82, 2.24) is 15.5 Å². The van der Waals surface area contributed by atoms with Gasteiger partial charge in [-0.3, -0.25) is 9.59 Å². The zero-order valence-corrected chi connectivity index (χ0v) is 11.6. The Morgan fingerprint density at radius 1 is 1.28 bits per heavy atom. The molecule has 18 heavy (non-hydrogen) atoms. The van der Waals surface area contributed by atoms with E-state index in [2.05, 4.69) is 10.6 Å². The van der Waals surface area contributed by atoms with Crippen LogP contribution >= 0.6 is 12.4 Å². The fourth-order valence-electron chi connectivity index (χ4n) is 2.71. The first kappa shape index (κ1) is 15.2. The van der Waals surface area contributed by atoms with E-state index in [1.807, 2.05) is 4.90 Å². The van der Waals surface area contributed by atoms with Gasteiger partial charge in [0, 0.05) is 20.1 Å². The average Bonchev–Trinajstić information content (AvgIpc) is 2.91. The lowest BCUT2D eigenvalue weighted by atomic mass is 9.96. The maximum atomic E-state index is 12.2. The standard InChI is InChI=1S/C12H21N3O2.ClH/c1-13-11(16)9-4-3-7-15(8-9)12(17)10-5-2-6-14-10;/h9-10,14H,2-8H2,1H3,(H,13,16);1H/t9?,10-;/m0./s1. The molecule has 0 aliphatic carbocycles. The SMILES string of the molecule is CNC(=O)C1CCCN(C(=O)[C@@H]2CCCN2)C1.Cl. The summed E-state index contributed by atoms with van der Waals surface area (Å²) in [6.07, 6.45) is 3.82. The molecule has 2 atom stereocenters. The molecule has 6 heteroatoms. The fourth-order valence-corrected chi connectivity index (χ4v) is 2.71. The second-order valence-electron chi connectivity index (χ2n) is 4.89. The Labute approximate surface area is 114 Å². The van der Waals surface area contributed by atoms with Gasteiger partial charge < -0.3 is 15.5 Å². The van der Waals surface area contributed by atoms with Crippen molar-refractivity contribution >= 4 is 24.2 Å². The number of hydrogen-bond acceptors (Lipinski definition) is 3. The highest BCUT2D eigenvalue weighted by atomic mass is 35.5. The van der Waals surface area contributed by atoms with Gasteiger partial charge in [-0.05, 0) is 32.2 Å². The van der Waals surface area contributed by atoms with E-state index >= 15 is 0 Å². The summed E-state index contributed by atoms with van der Waals surface area (Å²) in [5.41, 5.74) is 0. The van der Waals surface area contributed by atoms with Crippen LogP contribution in [0.4, 0.5) is 0 Å². The van der Waals surface area contributed by atoms with E-state index in [1.165, 1.54) is 0 Å². The minimum atomic E-state index is -0.0286. The van der Waals surface area contributed by atoms with Gasteiger partial charge in [-0.1, -0.05) is 0 Å². The van der Waals surface area contributed by atoms with Crippen LogP contribution in [-0.2, 0) is 9.59 Å². The maximum absolute atomic E-state index is 12.2. The van der Waals surface area contributed by atoms with Gasteiger partial charge >= 0.3 is 0 Å². The molecular weight excluding hydrogens is 254 g/mol. The number of piperidine rings is 1. The molecule has 2 rings (SSSR count). The van der Waals surface area contributed by atoms with Gasteiger partial charge in [-0.15, -0.1) is 12.4 Å². The summed E-state index contributed by atoms with van der Waals surface area (Å²) in [5.74, 6) is 0.206. The van der Waals surface area contributed by atoms with Crippen molar-refractivity contribution in [3.05, 3.63) is 0 Å². The molecule has 2 aliphatic rings. The quantitative estimate of drug-likeness (QED) is 0.754. The molecule has 104 valence electrons. The van der Waals surface area contributed by atoms with Crippen LogP contribution in [0.15, 0.2) is 0 Å². The third-order valence-electron chi connectivity index (χ3n) is 3.71. The molecule has 0 radical (unpaired) electrons. The highest BCUT2D eigenvalue weighted by Crippen LogP contribution is 2.19. The fraction of sp³-hybridized carbons (Fsp3) is 0.833. The number of hydrogen-bond donors (Lipinski definition) is 2. The van der Waals surface area contributed by atoms with Gasteiger partial charge in [-0.2, -0.15) is 0 Å². The highest BCUT2D eigenvalue weighted by Gasteiger charge is 2.32. The van der Waals surface area contributed by atoms with Crippen LogP contribution in [0.2, 0.25) is 0 Å². The first-order valence-electron chi connectivity index (χ1n) is 6.46. The van der Waals surface area contributed by atoms with E-state index in [1.54, 1.807) is 7.05 Å². The molecule has 2 aliphatic heterocycles. The van der Waals surface area contributed by atoms with Gasteiger partial charge in [0.15, 0.2) is 0 Å². The molecule has 0 bridgehead atoms. The molecule has 0 aromatic rings. The lowest BCUT2D eigenvalue weighted by Gasteiger charge is -2.33. The predicted molar refractivity (Wildman–Crippen MR) is 71.6 cm³/mol. The van der Waals surface area contributed by atoms with Gasteiger partial charge in [-0.25, -0.2) is 0 Å². The van der Waals surface area contributed by atoms with Crippen molar-refractivity contribution < 1.29 is 9.59 Å². The van der Waals surface area contributed by atoms with Crippen LogP contribution in [-0.4, -0.2) is 49.4 Å². The van der Waals surface area contributed by atoms with Crippen molar-refractivity contribution in [3.8, 4) is 0 Å². The molecule has 2 saturated heterocycles. The summed E-state index contributed by atoms with van der Waals surface area (Å²) in [5, 5.41) is 5.89. The zero-order chi connectivity index (χ0) is 12.3. The summed E-state index contributed by atoms with van der Waals surface area (Å²) < 4.78 is 0. The van der Waals surface area contributed by atoms with Gasteiger partial charge in [0.2, 0.25) is 11.8 Å². The van der Waals surface area contributed by atoms with Gasteiger partial charge in [0.1, 0.15) is 0 Å². The van der Waals surface area contributed by atoms with E-state index in [0.29, 0.717) is 6.54 Å². The molecule has 0 spiro atoms. The van der Waals surface area contributed by atoms with Crippen LogP contribution in [0.25, 0.3) is 0 Å². The van der Waals surface area contributed by atoms with Crippen LogP contribution in [0.5, 0.6) is 0 Å². The molecular formula is C12H22ClN3O2. The number of carbonyl (C=O) groups excluding carboxylic acids is 2. The van der Waals surface area contributed by atoms with Crippen molar-refractivity contribution in [2.75, 3.05) is 26.7 Å².